The molecule has 1 N–H and O–H groups in total. The molecule has 0 spiro atoms. The molecule has 0 aliphatic heterocycles. The average Bonchev–Trinajstić information content (AvgIpc) is 3.00. The monoisotopic (exact) mass is 777 g/mol. The van der Waals surface area contributed by atoms with Gasteiger partial charge in [-0.2, -0.15) is 0 Å². The smallest absolute Gasteiger partial charge is 0.264 e. The molecule has 236 valence electrons. The summed E-state index contributed by atoms with van der Waals surface area (Å²) >= 11 is 14.7. The molecule has 7 nitrogen and oxygen atoms in total. The van der Waals surface area contributed by atoms with Crippen LogP contribution in [0, 0.1) is 3.57 Å². The van der Waals surface area contributed by atoms with Crippen LogP contribution in [0.25, 0.3) is 0 Å². The summed E-state index contributed by atoms with van der Waals surface area (Å²) in [5, 5.41) is 3.66. The largest absolute Gasteiger partial charge is 0.350 e. The van der Waals surface area contributed by atoms with Crippen molar-refractivity contribution in [1.82, 2.24) is 10.2 Å². The van der Waals surface area contributed by atoms with Gasteiger partial charge in [-0.05, 0) is 103 Å². The van der Waals surface area contributed by atoms with Gasteiger partial charge in [0.15, 0.2) is 0 Å². The lowest BCUT2D eigenvalue weighted by Gasteiger charge is -2.35. The molecule has 4 aromatic carbocycles. The van der Waals surface area contributed by atoms with Crippen molar-refractivity contribution < 1.29 is 18.0 Å². The summed E-state index contributed by atoms with van der Waals surface area (Å²) in [5.74, 6) is -0.935. The van der Waals surface area contributed by atoms with Crippen LogP contribution in [-0.4, -0.2) is 43.3 Å². The van der Waals surface area contributed by atoms with Crippen molar-refractivity contribution >= 4 is 73.3 Å². The molecule has 0 saturated heterocycles. The number of carbonyl (C=O) groups is 2. The summed E-state index contributed by atoms with van der Waals surface area (Å²) in [7, 11) is -4.17. The Morgan fingerprint density at radius 3 is 2.00 bits per heavy atom. The van der Waals surface area contributed by atoms with Crippen LogP contribution in [0.3, 0.4) is 0 Å². The van der Waals surface area contributed by atoms with Crippen molar-refractivity contribution in [1.29, 1.82) is 0 Å². The fourth-order valence-corrected chi connectivity index (χ4v) is 6.81. The highest BCUT2D eigenvalue weighted by Gasteiger charge is 2.35. The maximum atomic E-state index is 14.5. The number of nitrogens with one attached hydrogen (secondary N) is 1. The minimum Gasteiger partial charge on any atom is -0.350 e. The highest BCUT2D eigenvalue weighted by Crippen LogP contribution is 2.27. The van der Waals surface area contributed by atoms with E-state index in [1.54, 1.807) is 60.7 Å². The first-order chi connectivity index (χ1) is 21.2. The van der Waals surface area contributed by atoms with Gasteiger partial charge in [0.25, 0.3) is 10.0 Å². The Labute approximate surface area is 288 Å². The second-order valence-corrected chi connectivity index (χ2v) is 15.4. The first-order valence-corrected chi connectivity index (χ1v) is 17.4. The zero-order chi connectivity index (χ0) is 32.8. The number of carbonyl (C=O) groups excluding carboxylic acids is 2. The van der Waals surface area contributed by atoms with E-state index in [-0.39, 0.29) is 23.8 Å². The molecule has 0 aliphatic rings. The number of hydrogen-bond donors (Lipinski definition) is 1. The Morgan fingerprint density at radius 1 is 0.822 bits per heavy atom. The number of hydrogen-bond acceptors (Lipinski definition) is 4. The predicted octanol–water partition coefficient (Wildman–Crippen LogP) is 7.35. The molecule has 0 bridgehead atoms. The van der Waals surface area contributed by atoms with E-state index in [4.69, 9.17) is 23.2 Å². The molecule has 4 rings (SSSR count). The molecule has 0 aromatic heterocycles. The summed E-state index contributed by atoms with van der Waals surface area (Å²) in [6.45, 7) is 5.02. The Morgan fingerprint density at radius 2 is 1.42 bits per heavy atom. The summed E-state index contributed by atoms with van der Waals surface area (Å²) in [5.41, 5.74) is 1.20. The van der Waals surface area contributed by atoms with Crippen LogP contribution in [0.4, 0.5) is 5.69 Å². The van der Waals surface area contributed by atoms with Crippen LogP contribution < -0.4 is 9.62 Å². The fraction of sp³-hybridized carbons (Fsp3) is 0.235. The van der Waals surface area contributed by atoms with Gasteiger partial charge < -0.3 is 10.2 Å². The number of benzene rings is 4. The summed E-state index contributed by atoms with van der Waals surface area (Å²) in [6.07, 6.45) is 0.199. The standard InChI is InChI=1S/C34H34Cl2IN3O4S/c1-34(2,3)38-33(42)31(21-24-10-6-4-7-11-24)39(22-25-14-19-29(35)30(36)20-25)32(41)23-40(27-17-15-26(37)16-18-27)45(43,44)28-12-8-5-9-13-28/h4-20,31H,21-23H2,1-3H3,(H,38,42)/t31-/m0/s1. The molecule has 0 heterocycles. The minimum absolute atomic E-state index is 0.0172. The molecule has 2 amide bonds. The van der Waals surface area contributed by atoms with E-state index < -0.39 is 34.1 Å². The van der Waals surface area contributed by atoms with E-state index in [0.717, 1.165) is 13.4 Å². The maximum absolute atomic E-state index is 14.5. The van der Waals surface area contributed by atoms with Crippen molar-refractivity contribution in [2.45, 2.75) is 50.2 Å². The topological polar surface area (TPSA) is 86.8 Å². The summed E-state index contributed by atoms with van der Waals surface area (Å²) < 4.78 is 30.1. The Hall–Kier alpha value is -3.12. The second kappa shape index (κ2) is 15.0. The highest BCUT2D eigenvalue weighted by atomic mass is 127. The van der Waals surface area contributed by atoms with E-state index in [9.17, 15) is 18.0 Å². The second-order valence-electron chi connectivity index (χ2n) is 11.5. The first kappa shape index (κ1) is 34.7. The van der Waals surface area contributed by atoms with Gasteiger partial charge in [0.1, 0.15) is 12.6 Å². The Kier molecular flexibility index (Phi) is 11.6. The molecular weight excluding hydrogens is 744 g/mol. The van der Waals surface area contributed by atoms with Crippen LogP contribution in [0.1, 0.15) is 31.9 Å². The lowest BCUT2D eigenvalue weighted by atomic mass is 10.0. The predicted molar refractivity (Wildman–Crippen MR) is 189 cm³/mol. The Bertz CT molecular complexity index is 1730. The number of halogens is 3. The first-order valence-electron chi connectivity index (χ1n) is 14.2. The van der Waals surface area contributed by atoms with Crippen molar-refractivity contribution in [3.8, 4) is 0 Å². The van der Waals surface area contributed by atoms with Gasteiger partial charge in [-0.15, -0.1) is 0 Å². The average molecular weight is 779 g/mol. The summed E-state index contributed by atoms with van der Waals surface area (Å²) in [4.78, 5) is 29.9. The minimum atomic E-state index is -4.17. The van der Waals surface area contributed by atoms with E-state index in [1.807, 2.05) is 51.1 Å². The number of sulfonamides is 1. The third-order valence-corrected chi connectivity index (χ3v) is 10.1. The maximum Gasteiger partial charge on any atom is 0.264 e. The molecule has 0 saturated carbocycles. The molecule has 1 atom stereocenters. The molecule has 0 fully saturated rings. The van der Waals surface area contributed by atoms with Gasteiger partial charge in [0, 0.05) is 22.1 Å². The van der Waals surface area contributed by atoms with Crippen molar-refractivity contribution in [2.24, 2.45) is 0 Å². The van der Waals surface area contributed by atoms with Crippen LogP contribution in [-0.2, 0) is 32.6 Å². The van der Waals surface area contributed by atoms with Gasteiger partial charge in [-0.3, -0.25) is 13.9 Å². The van der Waals surface area contributed by atoms with Crippen LogP contribution >= 0.6 is 45.8 Å². The van der Waals surface area contributed by atoms with Gasteiger partial charge in [0.05, 0.1) is 20.6 Å². The molecule has 0 radical (unpaired) electrons. The van der Waals surface area contributed by atoms with Gasteiger partial charge >= 0.3 is 0 Å². The molecule has 11 heteroatoms. The molecular formula is C34H34Cl2IN3O4S. The third-order valence-electron chi connectivity index (χ3n) is 6.83. The quantitative estimate of drug-likeness (QED) is 0.162. The zero-order valence-corrected chi connectivity index (χ0v) is 29.6. The lowest BCUT2D eigenvalue weighted by molar-refractivity contribution is -0.140. The normalized spacial score (nSPS) is 12.3. The van der Waals surface area contributed by atoms with E-state index in [2.05, 4.69) is 27.9 Å². The van der Waals surface area contributed by atoms with Gasteiger partial charge in [-0.25, -0.2) is 8.42 Å². The molecule has 45 heavy (non-hydrogen) atoms. The fourth-order valence-electron chi connectivity index (χ4n) is 4.70. The Balaban J connectivity index is 1.82. The van der Waals surface area contributed by atoms with Gasteiger partial charge in [0.2, 0.25) is 11.8 Å². The van der Waals surface area contributed by atoms with Gasteiger partial charge in [-0.1, -0.05) is 77.8 Å². The molecule has 0 unspecified atom stereocenters. The SMILES string of the molecule is CC(C)(C)NC(=O)[C@H](Cc1ccccc1)N(Cc1ccc(Cl)c(Cl)c1)C(=O)CN(c1ccc(I)cc1)S(=O)(=O)c1ccccc1. The van der Waals surface area contributed by atoms with E-state index in [0.29, 0.717) is 21.3 Å². The third kappa shape index (κ3) is 9.45. The van der Waals surface area contributed by atoms with Crippen LogP contribution in [0.15, 0.2) is 108 Å². The van der Waals surface area contributed by atoms with Crippen LogP contribution in [0.2, 0.25) is 10.0 Å². The van der Waals surface area contributed by atoms with Crippen molar-refractivity contribution in [3.63, 3.8) is 0 Å². The summed E-state index contributed by atoms with van der Waals surface area (Å²) in [6, 6.07) is 28.2. The number of anilines is 1. The number of rotatable bonds is 11. The van der Waals surface area contributed by atoms with E-state index >= 15 is 0 Å². The highest BCUT2D eigenvalue weighted by molar-refractivity contribution is 14.1. The molecule has 4 aromatic rings. The number of amides is 2. The van der Waals surface area contributed by atoms with Crippen molar-refractivity contribution in [2.75, 3.05) is 10.8 Å². The van der Waals surface area contributed by atoms with Crippen molar-refractivity contribution in [3.05, 3.63) is 128 Å². The molecule has 0 aliphatic carbocycles. The zero-order valence-electron chi connectivity index (χ0n) is 25.1. The lowest BCUT2D eigenvalue weighted by Crippen LogP contribution is -2.56. The number of nitrogens with zero attached hydrogens (tertiary/aromatic N) is 2. The van der Waals surface area contributed by atoms with Crippen LogP contribution in [0.5, 0.6) is 0 Å². The van der Waals surface area contributed by atoms with E-state index in [1.165, 1.54) is 17.0 Å².